The third-order valence-corrected chi connectivity index (χ3v) is 3.90. The van der Waals surface area contributed by atoms with Crippen LogP contribution in [0.5, 0.6) is 0 Å². The van der Waals surface area contributed by atoms with E-state index in [-0.39, 0.29) is 25.5 Å². The highest BCUT2D eigenvalue weighted by Gasteiger charge is 2.31. The standard InChI is InChI=1S/C17H24N4O4/c1-20(2)7-12-3-4-15(13(5-12)6-18)21(19)16(9-25-11-22)14-8-24-10-17(14)23/h3-5,8,11,16H,6-7,9-10,18-19H2,1-2H3. The topological polar surface area (TPSA) is 111 Å². The number of nitrogens with two attached hydrogens (primary N) is 2. The van der Waals surface area contributed by atoms with Crippen molar-refractivity contribution in [2.24, 2.45) is 11.6 Å². The molecule has 0 amide bonds. The molecule has 1 atom stereocenters. The summed E-state index contributed by atoms with van der Waals surface area (Å²) in [7, 11) is 3.96. The molecular formula is C17H24N4O4. The number of hydrogen-bond donors (Lipinski definition) is 2. The highest BCUT2D eigenvalue weighted by molar-refractivity contribution is 5.99. The third-order valence-electron chi connectivity index (χ3n) is 3.90. The third kappa shape index (κ3) is 4.56. The summed E-state index contributed by atoms with van der Waals surface area (Å²) >= 11 is 0. The van der Waals surface area contributed by atoms with Gasteiger partial charge in [0, 0.05) is 13.1 Å². The van der Waals surface area contributed by atoms with Crippen LogP contribution in [0.4, 0.5) is 5.69 Å². The minimum absolute atomic E-state index is 0.0354. The lowest BCUT2D eigenvalue weighted by Gasteiger charge is -2.30. The van der Waals surface area contributed by atoms with Gasteiger partial charge >= 0.3 is 0 Å². The second-order valence-electron chi connectivity index (χ2n) is 6.06. The Morgan fingerprint density at radius 3 is 2.72 bits per heavy atom. The second-order valence-corrected chi connectivity index (χ2v) is 6.06. The summed E-state index contributed by atoms with van der Waals surface area (Å²) in [6, 6.07) is 5.14. The first-order chi connectivity index (χ1) is 12.0. The van der Waals surface area contributed by atoms with E-state index in [0.717, 1.165) is 17.7 Å². The van der Waals surface area contributed by atoms with Crippen LogP contribution in [0.3, 0.4) is 0 Å². The van der Waals surface area contributed by atoms with E-state index in [2.05, 4.69) is 4.90 Å². The van der Waals surface area contributed by atoms with Gasteiger partial charge in [-0.1, -0.05) is 12.1 Å². The molecule has 0 saturated carbocycles. The maximum absolute atomic E-state index is 12.0. The van der Waals surface area contributed by atoms with Crippen molar-refractivity contribution < 1.29 is 19.1 Å². The molecule has 0 spiro atoms. The smallest absolute Gasteiger partial charge is 0.293 e. The zero-order chi connectivity index (χ0) is 18.4. The lowest BCUT2D eigenvalue weighted by atomic mass is 10.0. The van der Waals surface area contributed by atoms with Gasteiger partial charge in [0.1, 0.15) is 12.6 Å². The molecule has 0 saturated heterocycles. The van der Waals surface area contributed by atoms with E-state index >= 15 is 0 Å². The molecule has 1 aliphatic rings. The number of carbonyl (C=O) groups excluding carboxylic acids is 2. The fourth-order valence-electron chi connectivity index (χ4n) is 2.76. The highest BCUT2D eigenvalue weighted by atomic mass is 16.5. The number of ketones is 1. The Balaban J connectivity index is 2.32. The molecule has 1 aliphatic heterocycles. The summed E-state index contributed by atoms with van der Waals surface area (Å²) in [6.45, 7) is 1.28. The fraction of sp³-hybridized carbons (Fsp3) is 0.412. The molecule has 136 valence electrons. The molecule has 1 aromatic carbocycles. The molecule has 8 nitrogen and oxygen atoms in total. The van der Waals surface area contributed by atoms with Crippen molar-refractivity contribution in [2.75, 3.05) is 32.3 Å². The molecule has 0 radical (unpaired) electrons. The first kappa shape index (κ1) is 18.9. The van der Waals surface area contributed by atoms with Crippen LogP contribution in [0, 0.1) is 0 Å². The Kier molecular flexibility index (Phi) is 6.51. The van der Waals surface area contributed by atoms with Gasteiger partial charge in [0.25, 0.3) is 6.47 Å². The van der Waals surface area contributed by atoms with Crippen molar-refractivity contribution >= 4 is 17.9 Å². The largest absolute Gasteiger partial charge is 0.493 e. The predicted molar refractivity (Wildman–Crippen MR) is 93.2 cm³/mol. The Morgan fingerprint density at radius 2 is 2.16 bits per heavy atom. The van der Waals surface area contributed by atoms with E-state index < -0.39 is 6.04 Å². The van der Waals surface area contributed by atoms with Crippen LogP contribution in [-0.4, -0.2) is 50.5 Å². The number of rotatable bonds is 9. The van der Waals surface area contributed by atoms with Crippen LogP contribution in [0.15, 0.2) is 30.0 Å². The SMILES string of the molecule is CN(C)Cc1ccc(N(N)C(COC=O)C2=COCC2=O)c(CN)c1. The molecule has 0 bridgehead atoms. The molecule has 1 aromatic rings. The highest BCUT2D eigenvalue weighted by Crippen LogP contribution is 2.26. The molecule has 4 N–H and O–H groups in total. The number of hydrogen-bond acceptors (Lipinski definition) is 8. The normalized spacial score (nSPS) is 14.9. The quantitative estimate of drug-likeness (QED) is 0.362. The zero-order valence-corrected chi connectivity index (χ0v) is 14.5. The van der Waals surface area contributed by atoms with Gasteiger partial charge in [0.15, 0.2) is 6.61 Å². The zero-order valence-electron chi connectivity index (χ0n) is 14.5. The minimum atomic E-state index is -0.648. The maximum Gasteiger partial charge on any atom is 0.293 e. The van der Waals surface area contributed by atoms with Gasteiger partial charge in [-0.2, -0.15) is 0 Å². The molecule has 25 heavy (non-hydrogen) atoms. The van der Waals surface area contributed by atoms with Gasteiger partial charge in [-0.25, -0.2) is 5.84 Å². The van der Waals surface area contributed by atoms with Crippen molar-refractivity contribution in [1.82, 2.24) is 4.90 Å². The van der Waals surface area contributed by atoms with Crippen LogP contribution >= 0.6 is 0 Å². The molecular weight excluding hydrogens is 324 g/mol. The van der Waals surface area contributed by atoms with Gasteiger partial charge in [-0.15, -0.1) is 0 Å². The number of benzene rings is 1. The van der Waals surface area contributed by atoms with E-state index in [4.69, 9.17) is 21.1 Å². The number of Topliss-reactive ketones (excluding diaryl/α,β-unsaturated/α-hetero) is 1. The molecule has 0 aliphatic carbocycles. The Labute approximate surface area is 146 Å². The predicted octanol–water partition coefficient (Wildman–Crippen LogP) is -0.0882. The molecule has 8 heteroatoms. The summed E-state index contributed by atoms with van der Waals surface area (Å²) < 4.78 is 9.93. The van der Waals surface area contributed by atoms with Gasteiger partial charge in [0.2, 0.25) is 5.78 Å². The first-order valence-corrected chi connectivity index (χ1v) is 7.88. The van der Waals surface area contributed by atoms with E-state index in [1.54, 1.807) is 0 Å². The van der Waals surface area contributed by atoms with E-state index in [1.165, 1.54) is 11.3 Å². The summed E-state index contributed by atoms with van der Waals surface area (Å²) in [6.07, 6.45) is 1.36. The molecule has 0 fully saturated rings. The number of carbonyl (C=O) groups is 2. The molecule has 1 heterocycles. The lowest BCUT2D eigenvalue weighted by Crippen LogP contribution is -2.47. The van der Waals surface area contributed by atoms with E-state index in [0.29, 0.717) is 17.7 Å². The monoisotopic (exact) mass is 348 g/mol. The average Bonchev–Trinajstić information content (AvgIpc) is 3.00. The van der Waals surface area contributed by atoms with Crippen molar-refractivity contribution in [1.29, 1.82) is 0 Å². The van der Waals surface area contributed by atoms with Gasteiger partial charge in [0.05, 0.1) is 17.5 Å². The molecule has 2 rings (SSSR count). The first-order valence-electron chi connectivity index (χ1n) is 7.88. The molecule has 0 aromatic heterocycles. The second kappa shape index (κ2) is 8.61. The number of nitrogens with zero attached hydrogens (tertiary/aromatic N) is 2. The Bertz CT molecular complexity index is 660. The summed E-state index contributed by atoms with van der Waals surface area (Å²) in [5.74, 6) is 6.09. The van der Waals surface area contributed by atoms with Gasteiger partial charge in [-0.3, -0.25) is 14.6 Å². The number of anilines is 1. The van der Waals surface area contributed by atoms with Crippen LogP contribution in [-0.2, 0) is 32.2 Å². The Morgan fingerprint density at radius 1 is 1.40 bits per heavy atom. The van der Waals surface area contributed by atoms with E-state index in [9.17, 15) is 9.59 Å². The number of hydrazine groups is 1. The molecule has 1 unspecified atom stereocenters. The minimum Gasteiger partial charge on any atom is -0.493 e. The summed E-state index contributed by atoms with van der Waals surface area (Å²) in [4.78, 5) is 24.6. The van der Waals surface area contributed by atoms with Crippen LogP contribution < -0.4 is 16.6 Å². The fourth-order valence-corrected chi connectivity index (χ4v) is 2.76. The van der Waals surface area contributed by atoms with Crippen molar-refractivity contribution in [2.45, 2.75) is 19.1 Å². The van der Waals surface area contributed by atoms with Crippen LogP contribution in [0.1, 0.15) is 11.1 Å². The van der Waals surface area contributed by atoms with Crippen molar-refractivity contribution in [3.05, 3.63) is 41.2 Å². The lowest BCUT2D eigenvalue weighted by molar-refractivity contribution is -0.129. The van der Waals surface area contributed by atoms with E-state index in [1.807, 2.05) is 32.3 Å². The van der Waals surface area contributed by atoms with Crippen molar-refractivity contribution in [3.63, 3.8) is 0 Å². The van der Waals surface area contributed by atoms with Crippen LogP contribution in [0.25, 0.3) is 0 Å². The summed E-state index contributed by atoms with van der Waals surface area (Å²) in [5.41, 5.74) is 8.85. The average molecular weight is 348 g/mol. The van der Waals surface area contributed by atoms with Gasteiger partial charge in [-0.05, 0) is 31.3 Å². The van der Waals surface area contributed by atoms with Crippen molar-refractivity contribution in [3.8, 4) is 0 Å². The van der Waals surface area contributed by atoms with Gasteiger partial charge < -0.3 is 20.1 Å². The Hall–Kier alpha value is -2.42. The maximum atomic E-state index is 12.0. The number of ether oxygens (including phenoxy) is 2. The summed E-state index contributed by atoms with van der Waals surface area (Å²) in [5, 5.41) is 1.41. The van der Waals surface area contributed by atoms with Crippen LogP contribution in [0.2, 0.25) is 0 Å².